The molecule has 66 valence electrons. The molecule has 6 N–H and O–H groups in total. The lowest BCUT2D eigenvalue weighted by Gasteiger charge is -2.31. The van der Waals surface area contributed by atoms with Crippen molar-refractivity contribution in [1.82, 2.24) is 21.3 Å². The Bertz CT molecular complexity index is 242. The zero-order valence-electron chi connectivity index (χ0n) is 6.13. The van der Waals surface area contributed by atoms with E-state index >= 15 is 0 Å². The van der Waals surface area contributed by atoms with E-state index in [0.29, 0.717) is 0 Å². The van der Waals surface area contributed by atoms with Crippen molar-refractivity contribution in [2.75, 3.05) is 0 Å². The van der Waals surface area contributed by atoms with Crippen molar-refractivity contribution < 1.29 is 9.59 Å². The number of amides is 4. The van der Waals surface area contributed by atoms with Gasteiger partial charge in [0.1, 0.15) is 18.4 Å². The molecule has 0 radical (unpaired) electrons. The van der Waals surface area contributed by atoms with E-state index in [1.807, 2.05) is 0 Å². The SMILES string of the molecule is NC1NC(=O)NC2NC(=O)NC12. The Morgan fingerprint density at radius 3 is 2.25 bits per heavy atom. The Kier molecular flexibility index (Phi) is 1.34. The zero-order chi connectivity index (χ0) is 8.72. The molecule has 2 aliphatic rings. The number of carbonyl (C=O) groups excluding carboxylic acids is 2. The molecule has 3 unspecified atom stereocenters. The summed E-state index contributed by atoms with van der Waals surface area (Å²) in [5, 5.41) is 10.0. The van der Waals surface area contributed by atoms with Gasteiger partial charge in [-0.05, 0) is 0 Å². The molecule has 3 atom stereocenters. The maximum Gasteiger partial charge on any atom is 0.317 e. The fourth-order valence-electron chi connectivity index (χ4n) is 1.35. The van der Waals surface area contributed by atoms with Crippen molar-refractivity contribution in [3.8, 4) is 0 Å². The largest absolute Gasteiger partial charge is 0.328 e. The highest BCUT2D eigenvalue weighted by Crippen LogP contribution is 2.04. The number of nitrogens with one attached hydrogen (secondary N) is 4. The summed E-state index contributed by atoms with van der Waals surface area (Å²) in [6.45, 7) is 0. The molecule has 2 aliphatic heterocycles. The lowest BCUT2D eigenvalue weighted by molar-refractivity contribution is 0.210. The fourth-order valence-corrected chi connectivity index (χ4v) is 1.35. The lowest BCUT2D eigenvalue weighted by Crippen LogP contribution is -2.69. The minimum Gasteiger partial charge on any atom is -0.328 e. The van der Waals surface area contributed by atoms with Gasteiger partial charge in [-0.1, -0.05) is 0 Å². The van der Waals surface area contributed by atoms with Crippen molar-refractivity contribution in [2.24, 2.45) is 5.73 Å². The molecule has 7 nitrogen and oxygen atoms in total. The average Bonchev–Trinajstić information content (AvgIpc) is 2.29. The highest BCUT2D eigenvalue weighted by molar-refractivity contribution is 5.82. The van der Waals surface area contributed by atoms with Gasteiger partial charge in [0.15, 0.2) is 0 Å². The third kappa shape index (κ3) is 0.944. The van der Waals surface area contributed by atoms with Crippen LogP contribution in [0.1, 0.15) is 0 Å². The van der Waals surface area contributed by atoms with Gasteiger partial charge in [0.25, 0.3) is 0 Å². The van der Waals surface area contributed by atoms with Crippen LogP contribution in [-0.2, 0) is 0 Å². The van der Waals surface area contributed by atoms with Crippen molar-refractivity contribution >= 4 is 12.1 Å². The van der Waals surface area contributed by atoms with Crippen molar-refractivity contribution in [2.45, 2.75) is 18.4 Å². The van der Waals surface area contributed by atoms with Crippen molar-refractivity contribution in [1.29, 1.82) is 0 Å². The van der Waals surface area contributed by atoms with Crippen LogP contribution in [0.2, 0.25) is 0 Å². The molecule has 2 saturated heterocycles. The normalized spacial score (nSPS) is 38.9. The number of rotatable bonds is 0. The minimum atomic E-state index is -0.539. The first kappa shape index (κ1) is 7.17. The molecule has 0 spiro atoms. The van der Waals surface area contributed by atoms with Crippen LogP contribution in [0.25, 0.3) is 0 Å². The number of hydrogen-bond donors (Lipinski definition) is 5. The van der Waals surface area contributed by atoms with Crippen LogP contribution in [0, 0.1) is 0 Å². The van der Waals surface area contributed by atoms with Gasteiger partial charge >= 0.3 is 12.1 Å². The fraction of sp³-hybridized carbons (Fsp3) is 0.600. The van der Waals surface area contributed by atoms with E-state index in [4.69, 9.17) is 5.73 Å². The molecule has 2 fully saturated rings. The lowest BCUT2D eigenvalue weighted by atomic mass is 10.1. The van der Waals surface area contributed by atoms with Gasteiger partial charge in [-0.25, -0.2) is 9.59 Å². The number of fused-ring (bicyclic) bond motifs is 1. The third-order valence-electron chi connectivity index (χ3n) is 1.91. The first-order chi connectivity index (χ1) is 5.66. The van der Waals surface area contributed by atoms with Gasteiger partial charge in [-0.3, -0.25) is 0 Å². The van der Waals surface area contributed by atoms with Crippen molar-refractivity contribution in [3.05, 3.63) is 0 Å². The zero-order valence-corrected chi connectivity index (χ0v) is 6.13. The Labute approximate surface area is 68.0 Å². The Hall–Kier alpha value is -1.50. The van der Waals surface area contributed by atoms with Crippen LogP contribution in [0.15, 0.2) is 0 Å². The van der Waals surface area contributed by atoms with E-state index in [1.54, 1.807) is 0 Å². The summed E-state index contributed by atoms with van der Waals surface area (Å²) in [5.41, 5.74) is 5.55. The molecule has 0 aromatic heterocycles. The maximum absolute atomic E-state index is 10.8. The number of hydrogen-bond acceptors (Lipinski definition) is 3. The predicted octanol–water partition coefficient (Wildman–Crippen LogP) is -2.41. The molecule has 2 rings (SSSR count). The van der Waals surface area contributed by atoms with Crippen LogP contribution in [0.5, 0.6) is 0 Å². The van der Waals surface area contributed by atoms with Gasteiger partial charge in [0.2, 0.25) is 0 Å². The molecule has 0 bridgehead atoms. The van der Waals surface area contributed by atoms with Crippen LogP contribution < -0.4 is 27.0 Å². The standard InChI is InChI=1S/C5H9N5O2/c6-2-1-3(9-4(11)7-1)10-5(12)8-2/h1-3H,6H2,(H2,7,9,11)(H2,8,10,12). The Balaban J connectivity index is 2.15. The molecule has 7 heteroatoms. The Morgan fingerprint density at radius 1 is 1.00 bits per heavy atom. The molecular weight excluding hydrogens is 162 g/mol. The number of nitrogens with two attached hydrogens (primary N) is 1. The van der Waals surface area contributed by atoms with E-state index in [-0.39, 0.29) is 18.1 Å². The second kappa shape index (κ2) is 2.24. The molecule has 0 aromatic carbocycles. The quantitative estimate of drug-likeness (QED) is 0.280. The first-order valence-electron chi connectivity index (χ1n) is 3.56. The monoisotopic (exact) mass is 171 g/mol. The van der Waals surface area contributed by atoms with E-state index in [9.17, 15) is 9.59 Å². The molecule has 0 saturated carbocycles. The summed E-state index contributed by atoms with van der Waals surface area (Å²) in [7, 11) is 0. The summed E-state index contributed by atoms with van der Waals surface area (Å²) >= 11 is 0. The van der Waals surface area contributed by atoms with Crippen LogP contribution in [0.4, 0.5) is 9.59 Å². The maximum atomic E-state index is 10.8. The highest BCUT2D eigenvalue weighted by atomic mass is 16.2. The summed E-state index contributed by atoms with van der Waals surface area (Å²) in [5.74, 6) is 0. The molecule has 0 aliphatic carbocycles. The molecule has 4 amide bonds. The minimum absolute atomic E-state index is 0.282. The molecule has 2 heterocycles. The van der Waals surface area contributed by atoms with Gasteiger partial charge in [0.05, 0.1) is 0 Å². The second-order valence-electron chi connectivity index (χ2n) is 2.76. The van der Waals surface area contributed by atoms with E-state index in [0.717, 1.165) is 0 Å². The highest BCUT2D eigenvalue weighted by Gasteiger charge is 2.40. The third-order valence-corrected chi connectivity index (χ3v) is 1.91. The summed E-state index contributed by atoms with van der Waals surface area (Å²) < 4.78 is 0. The van der Waals surface area contributed by atoms with Gasteiger partial charge in [0, 0.05) is 0 Å². The average molecular weight is 171 g/mol. The topological polar surface area (TPSA) is 108 Å². The van der Waals surface area contributed by atoms with E-state index in [2.05, 4.69) is 21.3 Å². The van der Waals surface area contributed by atoms with Crippen LogP contribution in [-0.4, -0.2) is 30.4 Å². The van der Waals surface area contributed by atoms with Gasteiger partial charge < -0.3 is 27.0 Å². The van der Waals surface area contributed by atoms with Gasteiger partial charge in [-0.2, -0.15) is 0 Å². The van der Waals surface area contributed by atoms with Crippen LogP contribution >= 0.6 is 0 Å². The van der Waals surface area contributed by atoms with Gasteiger partial charge in [-0.15, -0.1) is 0 Å². The summed E-state index contributed by atoms with van der Waals surface area (Å²) in [6, 6.07) is -0.965. The van der Waals surface area contributed by atoms with Crippen LogP contribution in [0.3, 0.4) is 0 Å². The summed E-state index contributed by atoms with van der Waals surface area (Å²) in [4.78, 5) is 21.6. The Morgan fingerprint density at radius 2 is 1.58 bits per heavy atom. The van der Waals surface area contributed by atoms with E-state index in [1.165, 1.54) is 0 Å². The predicted molar refractivity (Wildman–Crippen MR) is 38.9 cm³/mol. The number of urea groups is 2. The van der Waals surface area contributed by atoms with Crippen molar-refractivity contribution in [3.63, 3.8) is 0 Å². The molecule has 0 aromatic rings. The second-order valence-corrected chi connectivity index (χ2v) is 2.76. The summed E-state index contributed by atoms with van der Waals surface area (Å²) in [6.07, 6.45) is -0.941. The smallest absolute Gasteiger partial charge is 0.317 e. The molecular formula is C5H9N5O2. The molecule has 12 heavy (non-hydrogen) atoms. The number of carbonyl (C=O) groups is 2. The van der Waals surface area contributed by atoms with E-state index < -0.39 is 12.3 Å². The first-order valence-corrected chi connectivity index (χ1v) is 3.56.